The second-order valence-electron chi connectivity index (χ2n) is 8.67. The Kier molecular flexibility index (Phi) is 8.61. The lowest BCUT2D eigenvalue weighted by Crippen LogP contribution is -2.45. The van der Waals surface area contributed by atoms with Crippen molar-refractivity contribution in [1.82, 2.24) is 20.0 Å². The molecule has 3 aromatic rings. The number of halogens is 4. The number of thioether (sulfide) groups is 1. The zero-order chi connectivity index (χ0) is 26.6. The molecule has 3 heterocycles. The minimum absolute atomic E-state index is 0.0301. The molecule has 1 aromatic heterocycles. The predicted molar refractivity (Wildman–Crippen MR) is 144 cm³/mol. The molecule has 37 heavy (non-hydrogen) atoms. The molecule has 2 aliphatic heterocycles. The van der Waals surface area contributed by atoms with Crippen LogP contribution in [0.3, 0.4) is 0 Å². The lowest BCUT2D eigenvalue weighted by atomic mass is 10.1. The van der Waals surface area contributed by atoms with Gasteiger partial charge in [-0.25, -0.2) is 0 Å². The van der Waals surface area contributed by atoms with Gasteiger partial charge in [0.05, 0.1) is 28.7 Å². The predicted octanol–water partition coefficient (Wildman–Crippen LogP) is 6.05. The van der Waals surface area contributed by atoms with Crippen molar-refractivity contribution in [2.75, 3.05) is 26.2 Å². The van der Waals surface area contributed by atoms with E-state index in [-0.39, 0.29) is 23.0 Å². The molecule has 0 aliphatic carbocycles. The standard InChI is InChI=1S/C23H19ClF3N5OS.C3H8/c24-17-3-2-15(18(11-17)23(25,26)27)13-32-19-4-1-14(9-16(19)12-29-32)10-20-21(33)30-22(34-20)31-7-5-28-6-8-31;1-3-2/h1-4,9-12,28H,5-8,13H2;3H2,1-2H3/b20-10-;. The van der Waals surface area contributed by atoms with Crippen LogP contribution in [-0.4, -0.2) is 51.9 Å². The highest BCUT2D eigenvalue weighted by molar-refractivity contribution is 8.18. The number of carbonyl (C=O) groups is 1. The van der Waals surface area contributed by atoms with Crippen LogP contribution in [0.25, 0.3) is 17.0 Å². The van der Waals surface area contributed by atoms with Crippen LogP contribution in [-0.2, 0) is 17.5 Å². The zero-order valence-electron chi connectivity index (χ0n) is 20.5. The number of nitrogens with one attached hydrogen (secondary N) is 1. The van der Waals surface area contributed by atoms with Gasteiger partial charge in [-0.15, -0.1) is 0 Å². The second kappa shape index (κ2) is 11.7. The first-order valence-electron chi connectivity index (χ1n) is 12.0. The van der Waals surface area contributed by atoms with Crippen molar-refractivity contribution in [1.29, 1.82) is 0 Å². The van der Waals surface area contributed by atoms with E-state index in [1.54, 1.807) is 18.3 Å². The molecule has 2 aromatic carbocycles. The number of fused-ring (bicyclic) bond motifs is 1. The van der Waals surface area contributed by atoms with Gasteiger partial charge in [0.25, 0.3) is 5.91 Å². The SMILES string of the molecule is CCC.O=C1N=C(N2CCNCC2)S/C1=C\c1ccc2c(cnn2Cc2ccc(Cl)cc2C(F)(F)F)c1. The lowest BCUT2D eigenvalue weighted by Gasteiger charge is -2.27. The Balaban J connectivity index is 0.00000102. The summed E-state index contributed by atoms with van der Waals surface area (Å²) >= 11 is 7.14. The van der Waals surface area contributed by atoms with E-state index < -0.39 is 11.7 Å². The molecule has 1 fully saturated rings. The molecule has 0 saturated carbocycles. The normalized spacial score (nSPS) is 17.2. The summed E-state index contributed by atoms with van der Waals surface area (Å²) in [5, 5.41) is 9.07. The van der Waals surface area contributed by atoms with Crippen LogP contribution >= 0.6 is 23.4 Å². The summed E-state index contributed by atoms with van der Waals surface area (Å²) in [7, 11) is 0. The number of hydrogen-bond acceptors (Lipinski definition) is 5. The highest BCUT2D eigenvalue weighted by Gasteiger charge is 2.33. The Morgan fingerprint density at radius 1 is 1.14 bits per heavy atom. The van der Waals surface area contributed by atoms with Crippen LogP contribution in [0.1, 0.15) is 37.0 Å². The molecule has 11 heteroatoms. The minimum Gasteiger partial charge on any atom is -0.348 e. The molecule has 5 rings (SSSR count). The van der Waals surface area contributed by atoms with Crippen molar-refractivity contribution in [3.05, 3.63) is 69.2 Å². The van der Waals surface area contributed by atoms with E-state index in [1.807, 2.05) is 12.1 Å². The summed E-state index contributed by atoms with van der Waals surface area (Å²) in [5.74, 6) is -0.267. The van der Waals surface area contributed by atoms with Crippen molar-refractivity contribution in [3.8, 4) is 0 Å². The Hall–Kier alpha value is -2.82. The number of piperazine rings is 1. The topological polar surface area (TPSA) is 62.5 Å². The third-order valence-electron chi connectivity index (χ3n) is 5.66. The fraction of sp³-hybridized carbons (Fsp3) is 0.346. The van der Waals surface area contributed by atoms with Crippen LogP contribution in [0.15, 0.2) is 52.5 Å². The Morgan fingerprint density at radius 2 is 1.86 bits per heavy atom. The average Bonchev–Trinajstić information content (AvgIpc) is 3.43. The Morgan fingerprint density at radius 3 is 2.57 bits per heavy atom. The molecule has 0 bridgehead atoms. The Bertz CT molecular complexity index is 1350. The van der Waals surface area contributed by atoms with Gasteiger partial charge < -0.3 is 10.2 Å². The maximum absolute atomic E-state index is 13.5. The lowest BCUT2D eigenvalue weighted by molar-refractivity contribution is -0.138. The summed E-state index contributed by atoms with van der Waals surface area (Å²) in [6.07, 6.45) is 0.121. The summed E-state index contributed by atoms with van der Waals surface area (Å²) < 4.78 is 41.9. The van der Waals surface area contributed by atoms with E-state index in [1.165, 1.54) is 35.0 Å². The number of rotatable bonds is 3. The van der Waals surface area contributed by atoms with Crippen LogP contribution in [0.4, 0.5) is 13.2 Å². The van der Waals surface area contributed by atoms with Gasteiger partial charge in [0.1, 0.15) is 0 Å². The van der Waals surface area contributed by atoms with E-state index in [4.69, 9.17) is 11.6 Å². The van der Waals surface area contributed by atoms with Gasteiger partial charge in [0.15, 0.2) is 5.17 Å². The van der Waals surface area contributed by atoms with Gasteiger partial charge in [0.2, 0.25) is 0 Å². The maximum Gasteiger partial charge on any atom is 0.416 e. The van der Waals surface area contributed by atoms with Crippen molar-refractivity contribution >= 4 is 51.4 Å². The maximum atomic E-state index is 13.5. The number of amidine groups is 1. The number of benzene rings is 2. The smallest absolute Gasteiger partial charge is 0.348 e. The zero-order valence-corrected chi connectivity index (χ0v) is 22.1. The molecular weight excluding hydrogens is 523 g/mol. The summed E-state index contributed by atoms with van der Waals surface area (Å²) in [6, 6.07) is 9.21. The molecule has 196 valence electrons. The minimum atomic E-state index is -4.51. The summed E-state index contributed by atoms with van der Waals surface area (Å²) in [6.45, 7) is 7.52. The van der Waals surface area contributed by atoms with E-state index in [0.29, 0.717) is 10.4 Å². The molecule has 1 N–H and O–H groups in total. The fourth-order valence-electron chi connectivity index (χ4n) is 3.97. The number of aromatic nitrogens is 2. The van der Waals surface area contributed by atoms with Gasteiger partial charge in [-0.05, 0) is 53.2 Å². The van der Waals surface area contributed by atoms with Crippen molar-refractivity contribution in [3.63, 3.8) is 0 Å². The molecule has 0 atom stereocenters. The largest absolute Gasteiger partial charge is 0.416 e. The average molecular weight is 550 g/mol. The van der Waals surface area contributed by atoms with Gasteiger partial charge >= 0.3 is 6.18 Å². The molecule has 1 amide bonds. The molecule has 6 nitrogen and oxygen atoms in total. The summed E-state index contributed by atoms with van der Waals surface area (Å²) in [5.41, 5.74) is 0.788. The first kappa shape index (κ1) is 27.2. The second-order valence-corrected chi connectivity index (χ2v) is 10.1. The number of amides is 1. The van der Waals surface area contributed by atoms with Crippen molar-refractivity contribution in [2.24, 2.45) is 4.99 Å². The highest BCUT2D eigenvalue weighted by atomic mass is 35.5. The van der Waals surface area contributed by atoms with E-state index in [2.05, 4.69) is 34.2 Å². The molecule has 2 aliphatic rings. The molecule has 0 unspecified atom stereocenters. The van der Waals surface area contributed by atoms with Crippen molar-refractivity contribution in [2.45, 2.75) is 33.0 Å². The van der Waals surface area contributed by atoms with Crippen LogP contribution in [0, 0.1) is 0 Å². The number of nitrogens with zero attached hydrogens (tertiary/aromatic N) is 4. The van der Waals surface area contributed by atoms with Crippen LogP contribution in [0.2, 0.25) is 5.02 Å². The van der Waals surface area contributed by atoms with Gasteiger partial charge in [0, 0.05) is 36.6 Å². The van der Waals surface area contributed by atoms with Crippen molar-refractivity contribution < 1.29 is 18.0 Å². The van der Waals surface area contributed by atoms with Crippen LogP contribution < -0.4 is 5.32 Å². The van der Waals surface area contributed by atoms with E-state index >= 15 is 0 Å². The number of hydrogen-bond donors (Lipinski definition) is 1. The molecule has 1 saturated heterocycles. The number of aliphatic imine (C=N–C) groups is 1. The van der Waals surface area contributed by atoms with Gasteiger partial charge in [-0.1, -0.05) is 44.0 Å². The highest BCUT2D eigenvalue weighted by Crippen LogP contribution is 2.35. The number of carbonyl (C=O) groups excluding carboxylic acids is 1. The van der Waals surface area contributed by atoms with E-state index in [0.717, 1.165) is 48.4 Å². The van der Waals surface area contributed by atoms with Gasteiger partial charge in [-0.3, -0.25) is 9.48 Å². The first-order valence-corrected chi connectivity index (χ1v) is 13.2. The van der Waals surface area contributed by atoms with E-state index in [9.17, 15) is 18.0 Å². The monoisotopic (exact) mass is 549 g/mol. The number of alkyl halides is 3. The third kappa shape index (κ3) is 6.55. The van der Waals surface area contributed by atoms with Crippen LogP contribution in [0.5, 0.6) is 0 Å². The Labute approximate surface area is 222 Å². The van der Waals surface area contributed by atoms with Gasteiger partial charge in [-0.2, -0.15) is 23.3 Å². The first-order chi connectivity index (χ1) is 17.7. The molecule has 0 spiro atoms. The quantitative estimate of drug-likeness (QED) is 0.403. The summed E-state index contributed by atoms with van der Waals surface area (Å²) in [4.78, 5) is 19.2. The fourth-order valence-corrected chi connectivity index (χ4v) is 5.11. The molecule has 0 radical (unpaired) electrons. The third-order valence-corrected chi connectivity index (χ3v) is 6.94. The molecular formula is C26H27ClF3N5OS.